The molecule has 1 aliphatic heterocycles. The number of hydrazine groups is 1. The monoisotopic (exact) mass is 597 g/mol. The van der Waals surface area contributed by atoms with Gasteiger partial charge in [-0.05, 0) is 58.3 Å². The highest BCUT2D eigenvalue weighted by Crippen LogP contribution is 2.24. The van der Waals surface area contributed by atoms with Gasteiger partial charge in [0.15, 0.2) is 12.4 Å². The lowest BCUT2D eigenvalue weighted by molar-refractivity contribution is -0.121. The van der Waals surface area contributed by atoms with Gasteiger partial charge in [0.05, 0.1) is 17.7 Å². The summed E-state index contributed by atoms with van der Waals surface area (Å²) in [7, 11) is 0. The van der Waals surface area contributed by atoms with Gasteiger partial charge in [-0.2, -0.15) is 0 Å². The molecular weight excluding hydrogens is 570 g/mol. The Labute approximate surface area is 258 Å². The molecule has 1 saturated heterocycles. The number of nitrogens with one attached hydrogen (secondary N) is 2. The summed E-state index contributed by atoms with van der Waals surface area (Å²) in [6.45, 7) is -0.438. The lowest BCUT2D eigenvalue weighted by Gasteiger charge is -2.16. The highest BCUT2D eigenvalue weighted by Gasteiger charge is 2.39. The van der Waals surface area contributed by atoms with Crippen LogP contribution in [0.4, 0.5) is 5.69 Å². The van der Waals surface area contributed by atoms with E-state index in [-0.39, 0.29) is 23.5 Å². The van der Waals surface area contributed by atoms with Crippen molar-refractivity contribution >= 4 is 45.9 Å². The second kappa shape index (κ2) is 12.7. The van der Waals surface area contributed by atoms with Gasteiger partial charge in [0.2, 0.25) is 5.91 Å². The standard InChI is InChI=1S/C36H27N3O6/c40-32(26-13-10-25(11-14-26)23-6-2-1-3-7-23)22-45-36(44)27-16-18-30(19-17-27)39-33(41)21-31(35(39)43)37-38-34(42)29-15-12-24-8-4-5-9-28(24)20-29/h1-20,31,37H,21-22H2,(H,38,42). The zero-order chi connectivity index (χ0) is 31.3. The van der Waals surface area contributed by atoms with Crippen LogP contribution >= 0.6 is 0 Å². The molecule has 222 valence electrons. The van der Waals surface area contributed by atoms with Crippen LogP contribution in [0.2, 0.25) is 0 Å². The van der Waals surface area contributed by atoms with E-state index in [1.807, 2.05) is 72.8 Å². The average Bonchev–Trinajstić information content (AvgIpc) is 3.38. The topological polar surface area (TPSA) is 122 Å². The van der Waals surface area contributed by atoms with Crippen LogP contribution in [-0.4, -0.2) is 42.1 Å². The van der Waals surface area contributed by atoms with Crippen LogP contribution in [0, 0.1) is 0 Å². The summed E-state index contributed by atoms with van der Waals surface area (Å²) in [4.78, 5) is 64.6. The Bertz CT molecular complexity index is 1920. The summed E-state index contributed by atoms with van der Waals surface area (Å²) in [6, 6.07) is 34.5. The smallest absolute Gasteiger partial charge is 0.338 e. The maximum absolute atomic E-state index is 13.0. The predicted molar refractivity (Wildman–Crippen MR) is 168 cm³/mol. The molecule has 0 saturated carbocycles. The minimum absolute atomic E-state index is 0.155. The second-order valence-corrected chi connectivity index (χ2v) is 10.5. The van der Waals surface area contributed by atoms with E-state index in [0.717, 1.165) is 26.8 Å². The lowest BCUT2D eigenvalue weighted by atomic mass is 10.0. The van der Waals surface area contributed by atoms with Gasteiger partial charge in [0.25, 0.3) is 11.8 Å². The van der Waals surface area contributed by atoms with Crippen molar-refractivity contribution in [1.29, 1.82) is 0 Å². The summed E-state index contributed by atoms with van der Waals surface area (Å²) in [5.74, 6) is -2.51. The fraction of sp³-hybridized carbons (Fsp3) is 0.0833. The van der Waals surface area contributed by atoms with Gasteiger partial charge in [-0.25, -0.2) is 15.1 Å². The molecule has 2 N–H and O–H groups in total. The zero-order valence-electron chi connectivity index (χ0n) is 23.9. The Morgan fingerprint density at radius 1 is 0.689 bits per heavy atom. The zero-order valence-corrected chi connectivity index (χ0v) is 23.9. The van der Waals surface area contributed by atoms with Gasteiger partial charge in [0, 0.05) is 11.1 Å². The van der Waals surface area contributed by atoms with E-state index < -0.39 is 36.3 Å². The van der Waals surface area contributed by atoms with Crippen molar-refractivity contribution < 1.29 is 28.7 Å². The number of esters is 1. The Kier molecular flexibility index (Phi) is 8.26. The normalized spacial score (nSPS) is 14.4. The van der Waals surface area contributed by atoms with Crippen LogP contribution in [-0.2, 0) is 14.3 Å². The molecule has 0 spiro atoms. The minimum Gasteiger partial charge on any atom is -0.454 e. The largest absolute Gasteiger partial charge is 0.454 e. The molecule has 0 aliphatic carbocycles. The van der Waals surface area contributed by atoms with E-state index in [2.05, 4.69) is 10.9 Å². The first-order valence-electron chi connectivity index (χ1n) is 14.2. The fourth-order valence-corrected chi connectivity index (χ4v) is 5.09. The highest BCUT2D eigenvalue weighted by molar-refractivity contribution is 6.22. The predicted octanol–water partition coefficient (Wildman–Crippen LogP) is 5.11. The first-order chi connectivity index (χ1) is 21.9. The molecule has 3 amide bonds. The molecule has 0 radical (unpaired) electrons. The first-order valence-corrected chi connectivity index (χ1v) is 14.2. The van der Waals surface area contributed by atoms with Crippen molar-refractivity contribution in [3.63, 3.8) is 0 Å². The number of rotatable bonds is 9. The molecule has 1 fully saturated rings. The lowest BCUT2D eigenvalue weighted by Crippen LogP contribution is -2.48. The molecule has 0 aromatic heterocycles. The molecule has 1 aliphatic rings. The van der Waals surface area contributed by atoms with Gasteiger partial charge >= 0.3 is 5.97 Å². The number of carbonyl (C=O) groups excluding carboxylic acids is 5. The summed E-state index contributed by atoms with van der Waals surface area (Å²) in [6.07, 6.45) is -0.158. The first kappa shape index (κ1) is 29.2. The third-order valence-corrected chi connectivity index (χ3v) is 7.53. The summed E-state index contributed by atoms with van der Waals surface area (Å²) in [5.41, 5.74) is 8.42. The maximum atomic E-state index is 13.0. The SMILES string of the molecule is O=C(COC(=O)c1ccc(N2C(=O)CC(NNC(=O)c3ccc4ccccc4c3)C2=O)cc1)c1ccc(-c2ccccc2)cc1. The molecule has 1 atom stereocenters. The number of hydrogen-bond donors (Lipinski definition) is 2. The van der Waals surface area contributed by atoms with Gasteiger partial charge in [-0.15, -0.1) is 0 Å². The van der Waals surface area contributed by atoms with Crippen molar-refractivity contribution in [3.05, 3.63) is 138 Å². The number of imide groups is 1. The van der Waals surface area contributed by atoms with Crippen molar-refractivity contribution in [2.45, 2.75) is 12.5 Å². The molecule has 9 nitrogen and oxygen atoms in total. The third-order valence-electron chi connectivity index (χ3n) is 7.53. The van der Waals surface area contributed by atoms with Gasteiger partial charge in [-0.3, -0.25) is 24.6 Å². The van der Waals surface area contributed by atoms with Crippen LogP contribution in [0.3, 0.4) is 0 Å². The Hall–Kier alpha value is -5.93. The number of ether oxygens (including phenoxy) is 1. The Balaban J connectivity index is 1.02. The number of nitrogens with zero attached hydrogens (tertiary/aromatic N) is 1. The van der Waals surface area contributed by atoms with Crippen LogP contribution in [0.1, 0.15) is 37.5 Å². The Morgan fingerprint density at radius 3 is 2.04 bits per heavy atom. The van der Waals surface area contributed by atoms with Crippen LogP contribution in [0.5, 0.6) is 0 Å². The second-order valence-electron chi connectivity index (χ2n) is 10.5. The molecule has 5 aromatic carbocycles. The van der Waals surface area contributed by atoms with Crippen molar-refractivity contribution in [2.24, 2.45) is 0 Å². The fourth-order valence-electron chi connectivity index (χ4n) is 5.09. The van der Waals surface area contributed by atoms with Crippen molar-refractivity contribution in [3.8, 4) is 11.1 Å². The van der Waals surface area contributed by atoms with Crippen LogP contribution in [0.25, 0.3) is 21.9 Å². The minimum atomic E-state index is -0.959. The maximum Gasteiger partial charge on any atom is 0.338 e. The molecule has 9 heteroatoms. The molecule has 6 rings (SSSR count). The van der Waals surface area contributed by atoms with E-state index in [1.165, 1.54) is 24.3 Å². The number of carbonyl (C=O) groups is 5. The molecule has 1 unspecified atom stereocenters. The molecule has 5 aromatic rings. The number of Topliss-reactive ketones (excluding diaryl/α,β-unsaturated/α-hetero) is 1. The van der Waals surface area contributed by atoms with E-state index in [4.69, 9.17) is 4.74 Å². The summed E-state index contributed by atoms with van der Waals surface area (Å²) in [5, 5.41) is 1.89. The summed E-state index contributed by atoms with van der Waals surface area (Å²) >= 11 is 0. The van der Waals surface area contributed by atoms with E-state index in [9.17, 15) is 24.0 Å². The number of benzene rings is 5. The molecular formula is C36H27N3O6. The number of hydrogen-bond acceptors (Lipinski definition) is 7. The summed E-state index contributed by atoms with van der Waals surface area (Å²) < 4.78 is 5.21. The quantitative estimate of drug-likeness (QED) is 0.105. The number of amides is 3. The van der Waals surface area contributed by atoms with E-state index in [0.29, 0.717) is 11.1 Å². The van der Waals surface area contributed by atoms with Gasteiger partial charge in [0.1, 0.15) is 6.04 Å². The highest BCUT2D eigenvalue weighted by atomic mass is 16.5. The van der Waals surface area contributed by atoms with E-state index in [1.54, 1.807) is 24.3 Å². The molecule has 0 bridgehead atoms. The molecule has 1 heterocycles. The van der Waals surface area contributed by atoms with E-state index >= 15 is 0 Å². The van der Waals surface area contributed by atoms with Crippen LogP contribution in [0.15, 0.2) is 121 Å². The van der Waals surface area contributed by atoms with Gasteiger partial charge < -0.3 is 4.74 Å². The number of ketones is 1. The number of anilines is 1. The molecule has 45 heavy (non-hydrogen) atoms. The third kappa shape index (κ3) is 6.39. The Morgan fingerprint density at radius 2 is 1.31 bits per heavy atom. The number of fused-ring (bicyclic) bond motifs is 1. The average molecular weight is 598 g/mol. The van der Waals surface area contributed by atoms with Crippen LogP contribution < -0.4 is 15.8 Å². The van der Waals surface area contributed by atoms with Crippen molar-refractivity contribution in [1.82, 2.24) is 10.9 Å². The van der Waals surface area contributed by atoms with Gasteiger partial charge in [-0.1, -0.05) is 84.9 Å². The van der Waals surface area contributed by atoms with Crippen molar-refractivity contribution in [2.75, 3.05) is 11.5 Å².